The molecule has 2 rings (SSSR count). The van der Waals surface area contributed by atoms with Gasteiger partial charge in [-0.25, -0.2) is 4.79 Å². The van der Waals surface area contributed by atoms with Crippen LogP contribution >= 0.6 is 0 Å². The second-order valence-corrected chi connectivity index (χ2v) is 5.05. The van der Waals surface area contributed by atoms with E-state index in [0.29, 0.717) is 12.8 Å². The van der Waals surface area contributed by atoms with Crippen molar-refractivity contribution in [3.8, 4) is 0 Å². The summed E-state index contributed by atoms with van der Waals surface area (Å²) < 4.78 is 5.44. The minimum absolute atomic E-state index is 0.134. The van der Waals surface area contributed by atoms with Crippen LogP contribution in [0.5, 0.6) is 0 Å². The third-order valence-corrected chi connectivity index (χ3v) is 3.75. The van der Waals surface area contributed by atoms with Crippen LogP contribution in [0.25, 0.3) is 0 Å². The SMILES string of the molecule is C=CC[C@@H]1OC(=O)N([C@H](CO)c2ccccc2)[C@H]1CC=C. The Morgan fingerprint density at radius 1 is 1.24 bits per heavy atom. The van der Waals surface area contributed by atoms with Crippen LogP contribution in [0, 0.1) is 0 Å². The van der Waals surface area contributed by atoms with Crippen molar-refractivity contribution in [1.29, 1.82) is 0 Å². The van der Waals surface area contributed by atoms with E-state index in [1.807, 2.05) is 30.3 Å². The number of rotatable bonds is 7. The fraction of sp³-hybridized carbons (Fsp3) is 0.353. The van der Waals surface area contributed by atoms with E-state index in [1.165, 1.54) is 0 Å². The lowest BCUT2D eigenvalue weighted by Crippen LogP contribution is -2.40. The topological polar surface area (TPSA) is 49.8 Å². The van der Waals surface area contributed by atoms with Gasteiger partial charge >= 0.3 is 6.09 Å². The molecular weight excluding hydrogens is 266 g/mol. The molecule has 1 N–H and O–H groups in total. The summed E-state index contributed by atoms with van der Waals surface area (Å²) in [7, 11) is 0. The van der Waals surface area contributed by atoms with E-state index in [1.54, 1.807) is 17.1 Å². The highest BCUT2D eigenvalue weighted by Gasteiger charge is 2.44. The van der Waals surface area contributed by atoms with Crippen LogP contribution < -0.4 is 0 Å². The first-order valence-corrected chi connectivity index (χ1v) is 7.09. The average Bonchev–Trinajstić information content (AvgIpc) is 2.79. The van der Waals surface area contributed by atoms with Crippen LogP contribution in [0.15, 0.2) is 55.6 Å². The maximum absolute atomic E-state index is 12.2. The maximum atomic E-state index is 12.2. The summed E-state index contributed by atoms with van der Waals surface area (Å²) in [5.74, 6) is 0. The number of cyclic esters (lactones) is 1. The molecule has 4 nitrogen and oxygen atoms in total. The Morgan fingerprint density at radius 3 is 2.48 bits per heavy atom. The van der Waals surface area contributed by atoms with Gasteiger partial charge in [0, 0.05) is 6.42 Å². The fourth-order valence-electron chi connectivity index (χ4n) is 2.78. The van der Waals surface area contributed by atoms with Crippen molar-refractivity contribution in [2.45, 2.75) is 31.0 Å². The number of benzene rings is 1. The quantitative estimate of drug-likeness (QED) is 0.784. The number of amides is 1. The number of aliphatic hydroxyl groups is 1. The van der Waals surface area contributed by atoms with E-state index in [9.17, 15) is 9.90 Å². The predicted molar refractivity (Wildman–Crippen MR) is 81.8 cm³/mol. The first kappa shape index (κ1) is 15.3. The second kappa shape index (κ2) is 7.09. The summed E-state index contributed by atoms with van der Waals surface area (Å²) in [4.78, 5) is 13.9. The minimum atomic E-state index is -0.404. The van der Waals surface area contributed by atoms with Crippen molar-refractivity contribution in [2.75, 3.05) is 6.61 Å². The molecule has 1 saturated heterocycles. The standard InChI is InChI=1S/C17H21NO3/c1-3-8-14-16(9-4-2)21-17(20)18(14)15(12-19)13-10-6-5-7-11-13/h3-7,10-11,14-16,19H,1-2,8-9,12H2/t14-,15+,16-/m0/s1. The highest BCUT2D eigenvalue weighted by Crippen LogP contribution is 2.33. The van der Waals surface area contributed by atoms with Gasteiger partial charge in [-0.1, -0.05) is 42.5 Å². The molecule has 0 bridgehead atoms. The van der Waals surface area contributed by atoms with Gasteiger partial charge in [0.05, 0.1) is 18.7 Å². The molecule has 0 spiro atoms. The van der Waals surface area contributed by atoms with Gasteiger partial charge in [-0.05, 0) is 12.0 Å². The number of carbonyl (C=O) groups excluding carboxylic acids is 1. The van der Waals surface area contributed by atoms with Gasteiger partial charge in [0.1, 0.15) is 6.10 Å². The molecule has 1 amide bonds. The van der Waals surface area contributed by atoms with Crippen molar-refractivity contribution in [2.24, 2.45) is 0 Å². The minimum Gasteiger partial charge on any atom is -0.444 e. The predicted octanol–water partition coefficient (Wildman–Crippen LogP) is 3.06. The third kappa shape index (κ3) is 3.16. The molecule has 1 heterocycles. The zero-order chi connectivity index (χ0) is 15.2. The van der Waals surface area contributed by atoms with E-state index in [0.717, 1.165) is 5.56 Å². The lowest BCUT2D eigenvalue weighted by atomic mass is 9.99. The zero-order valence-corrected chi connectivity index (χ0v) is 12.0. The lowest BCUT2D eigenvalue weighted by molar-refractivity contribution is 0.114. The molecule has 0 aromatic heterocycles. The van der Waals surface area contributed by atoms with E-state index in [-0.39, 0.29) is 18.8 Å². The Bertz CT molecular complexity index is 500. The molecule has 1 aromatic carbocycles. The van der Waals surface area contributed by atoms with E-state index in [4.69, 9.17) is 4.74 Å². The molecular formula is C17H21NO3. The molecule has 4 heteroatoms. The normalized spacial score (nSPS) is 22.7. The monoisotopic (exact) mass is 287 g/mol. The van der Waals surface area contributed by atoms with Crippen molar-refractivity contribution in [1.82, 2.24) is 4.90 Å². The van der Waals surface area contributed by atoms with Gasteiger partial charge in [-0.2, -0.15) is 0 Å². The number of ether oxygens (including phenoxy) is 1. The first-order chi connectivity index (χ1) is 10.2. The molecule has 0 saturated carbocycles. The molecule has 1 aliphatic heterocycles. The molecule has 0 radical (unpaired) electrons. The Labute approximate surface area is 125 Å². The van der Waals surface area contributed by atoms with Crippen molar-refractivity contribution < 1.29 is 14.6 Å². The molecule has 112 valence electrons. The van der Waals surface area contributed by atoms with Crippen LogP contribution in [0.4, 0.5) is 4.79 Å². The lowest BCUT2D eigenvalue weighted by Gasteiger charge is -2.30. The summed E-state index contributed by atoms with van der Waals surface area (Å²) in [6.45, 7) is 7.32. The van der Waals surface area contributed by atoms with Gasteiger partial charge in [0.15, 0.2) is 0 Å². The van der Waals surface area contributed by atoms with Crippen LogP contribution in [0.3, 0.4) is 0 Å². The van der Waals surface area contributed by atoms with Gasteiger partial charge < -0.3 is 9.84 Å². The highest BCUT2D eigenvalue weighted by molar-refractivity contribution is 5.71. The molecule has 1 fully saturated rings. The van der Waals surface area contributed by atoms with Crippen LogP contribution in [-0.2, 0) is 4.74 Å². The number of nitrogens with zero attached hydrogens (tertiary/aromatic N) is 1. The van der Waals surface area contributed by atoms with E-state index >= 15 is 0 Å². The van der Waals surface area contributed by atoms with Crippen molar-refractivity contribution in [3.63, 3.8) is 0 Å². The summed E-state index contributed by atoms with van der Waals surface area (Å²) in [6.07, 6.45) is 4.09. The van der Waals surface area contributed by atoms with Crippen molar-refractivity contribution >= 4 is 6.09 Å². The van der Waals surface area contributed by atoms with Gasteiger partial charge in [-0.3, -0.25) is 4.90 Å². The third-order valence-electron chi connectivity index (χ3n) is 3.75. The summed E-state index contributed by atoms with van der Waals surface area (Å²) in [5.41, 5.74) is 0.894. The number of hydrogen-bond donors (Lipinski definition) is 1. The molecule has 1 aromatic rings. The molecule has 1 aliphatic rings. The van der Waals surface area contributed by atoms with E-state index in [2.05, 4.69) is 13.2 Å². The van der Waals surface area contributed by atoms with Crippen LogP contribution in [0.1, 0.15) is 24.4 Å². The smallest absolute Gasteiger partial charge is 0.411 e. The summed E-state index contributed by atoms with van der Waals surface area (Å²) >= 11 is 0. The Balaban J connectivity index is 2.31. The van der Waals surface area contributed by atoms with Crippen LogP contribution in [-0.4, -0.2) is 34.9 Å². The molecule has 0 aliphatic carbocycles. The van der Waals surface area contributed by atoms with Crippen molar-refractivity contribution in [3.05, 3.63) is 61.2 Å². The summed E-state index contributed by atoms with van der Waals surface area (Å²) in [6, 6.07) is 8.96. The number of carbonyl (C=O) groups is 1. The Kier molecular flexibility index (Phi) is 5.17. The van der Waals surface area contributed by atoms with Crippen LogP contribution in [0.2, 0.25) is 0 Å². The number of hydrogen-bond acceptors (Lipinski definition) is 3. The van der Waals surface area contributed by atoms with Gasteiger partial charge in [-0.15, -0.1) is 13.2 Å². The zero-order valence-electron chi connectivity index (χ0n) is 12.0. The Morgan fingerprint density at radius 2 is 1.90 bits per heavy atom. The first-order valence-electron chi connectivity index (χ1n) is 7.09. The highest BCUT2D eigenvalue weighted by atomic mass is 16.6. The Hall–Kier alpha value is -2.07. The van der Waals surface area contributed by atoms with Gasteiger partial charge in [0.25, 0.3) is 0 Å². The molecule has 21 heavy (non-hydrogen) atoms. The fourth-order valence-corrected chi connectivity index (χ4v) is 2.78. The number of aliphatic hydroxyl groups excluding tert-OH is 1. The molecule has 0 unspecified atom stereocenters. The second-order valence-electron chi connectivity index (χ2n) is 5.05. The van der Waals surface area contributed by atoms with Gasteiger partial charge in [0.2, 0.25) is 0 Å². The summed E-state index contributed by atoms with van der Waals surface area (Å²) in [5, 5.41) is 9.76. The largest absolute Gasteiger partial charge is 0.444 e. The molecule has 3 atom stereocenters. The van der Waals surface area contributed by atoms with E-state index < -0.39 is 12.1 Å². The average molecular weight is 287 g/mol. The maximum Gasteiger partial charge on any atom is 0.411 e.